The Morgan fingerprint density at radius 2 is 2.29 bits per heavy atom. The van der Waals surface area contributed by atoms with Gasteiger partial charge in [-0.25, -0.2) is 0 Å². The summed E-state index contributed by atoms with van der Waals surface area (Å²) in [6.45, 7) is 6.11. The molecule has 1 aromatic heterocycles. The molecule has 1 saturated heterocycles. The monoisotopic (exact) mass is 305 g/mol. The van der Waals surface area contributed by atoms with Crippen molar-refractivity contribution in [3.05, 3.63) is 21.9 Å². The summed E-state index contributed by atoms with van der Waals surface area (Å²) in [5.41, 5.74) is 0.727. The van der Waals surface area contributed by atoms with Crippen molar-refractivity contribution in [1.82, 2.24) is 4.90 Å². The van der Waals surface area contributed by atoms with Gasteiger partial charge in [0.2, 0.25) is 0 Å². The number of thiophene rings is 1. The normalized spacial score (nSPS) is 19.0. The zero-order chi connectivity index (χ0) is 15.2. The van der Waals surface area contributed by atoms with Crippen LogP contribution >= 0.6 is 11.3 Å². The minimum absolute atomic E-state index is 0.118. The third-order valence-electron chi connectivity index (χ3n) is 4.14. The average molecular weight is 305 g/mol. The number of nitrogens with zero attached hydrogens (tertiary/aromatic N) is 1. The third kappa shape index (κ3) is 4.33. The molecule has 1 atom stereocenters. The quantitative estimate of drug-likeness (QED) is 0.853. The van der Waals surface area contributed by atoms with Gasteiger partial charge in [0.05, 0.1) is 10.4 Å². The number of aliphatic hydroxyl groups excluding tert-OH is 1. The maximum Gasteiger partial charge on any atom is 0.254 e. The standard InChI is InChI=1S/C17H23NO2S/c1-13(2)14-5-3-8-18(9-7-14)17(20)15-11-16(21-12-15)6-4-10-19/h11-14,19H,3,5,7-10H2,1-2H3. The lowest BCUT2D eigenvalue weighted by molar-refractivity contribution is 0.0759. The van der Waals surface area contributed by atoms with E-state index in [4.69, 9.17) is 5.11 Å². The molecule has 4 heteroatoms. The summed E-state index contributed by atoms with van der Waals surface area (Å²) < 4.78 is 0. The van der Waals surface area contributed by atoms with E-state index in [2.05, 4.69) is 25.7 Å². The van der Waals surface area contributed by atoms with Crippen LogP contribution in [-0.4, -0.2) is 35.6 Å². The second-order valence-corrected chi connectivity index (χ2v) is 6.80. The van der Waals surface area contributed by atoms with Crippen LogP contribution in [0.25, 0.3) is 0 Å². The first kappa shape index (κ1) is 16.1. The molecule has 1 unspecified atom stereocenters. The first-order valence-corrected chi connectivity index (χ1v) is 8.47. The van der Waals surface area contributed by atoms with Crippen LogP contribution in [0.1, 0.15) is 48.3 Å². The van der Waals surface area contributed by atoms with Crippen molar-refractivity contribution in [2.75, 3.05) is 19.7 Å². The molecule has 0 bridgehead atoms. The highest BCUT2D eigenvalue weighted by Gasteiger charge is 2.23. The topological polar surface area (TPSA) is 40.5 Å². The van der Waals surface area contributed by atoms with Crippen molar-refractivity contribution in [2.45, 2.75) is 33.1 Å². The predicted molar refractivity (Wildman–Crippen MR) is 86.4 cm³/mol. The molecule has 1 N–H and O–H groups in total. The summed E-state index contributed by atoms with van der Waals surface area (Å²) in [6, 6.07) is 1.83. The van der Waals surface area contributed by atoms with E-state index in [9.17, 15) is 4.79 Å². The van der Waals surface area contributed by atoms with E-state index in [1.54, 1.807) is 0 Å². The van der Waals surface area contributed by atoms with E-state index in [0.29, 0.717) is 5.92 Å². The van der Waals surface area contributed by atoms with Gasteiger partial charge >= 0.3 is 0 Å². The van der Waals surface area contributed by atoms with Gasteiger partial charge < -0.3 is 10.0 Å². The molecule has 0 spiro atoms. The minimum atomic E-state index is -0.149. The second kappa shape index (κ2) is 7.63. The van der Waals surface area contributed by atoms with Crippen LogP contribution in [0.5, 0.6) is 0 Å². The lowest BCUT2D eigenvalue weighted by Gasteiger charge is -2.21. The zero-order valence-corrected chi connectivity index (χ0v) is 13.6. The highest BCUT2D eigenvalue weighted by atomic mass is 32.1. The number of hydrogen-bond acceptors (Lipinski definition) is 3. The number of amides is 1. The number of likely N-dealkylation sites (tertiary alicyclic amines) is 1. The van der Waals surface area contributed by atoms with Gasteiger partial charge in [0.25, 0.3) is 5.91 Å². The Morgan fingerprint density at radius 1 is 1.48 bits per heavy atom. The van der Waals surface area contributed by atoms with Gasteiger partial charge in [0.15, 0.2) is 0 Å². The summed E-state index contributed by atoms with van der Waals surface area (Å²) in [5, 5.41) is 10.6. The summed E-state index contributed by atoms with van der Waals surface area (Å²) >= 11 is 1.46. The Balaban J connectivity index is 2.01. The number of aliphatic hydroxyl groups is 1. The van der Waals surface area contributed by atoms with E-state index in [-0.39, 0.29) is 12.5 Å². The number of carbonyl (C=O) groups excluding carboxylic acids is 1. The first-order chi connectivity index (χ1) is 10.1. The van der Waals surface area contributed by atoms with Gasteiger partial charge in [-0.3, -0.25) is 4.79 Å². The van der Waals surface area contributed by atoms with Crippen molar-refractivity contribution in [2.24, 2.45) is 11.8 Å². The molecule has 1 aliphatic heterocycles. The van der Waals surface area contributed by atoms with Crippen molar-refractivity contribution < 1.29 is 9.90 Å². The Morgan fingerprint density at radius 3 is 3.00 bits per heavy atom. The maximum absolute atomic E-state index is 12.6. The van der Waals surface area contributed by atoms with E-state index in [0.717, 1.165) is 42.3 Å². The molecular weight excluding hydrogens is 282 g/mol. The van der Waals surface area contributed by atoms with Crippen LogP contribution in [0.15, 0.2) is 11.4 Å². The van der Waals surface area contributed by atoms with Gasteiger partial charge in [-0.1, -0.05) is 25.7 Å². The van der Waals surface area contributed by atoms with Crippen LogP contribution in [0.2, 0.25) is 0 Å². The average Bonchev–Trinajstić information content (AvgIpc) is 2.79. The maximum atomic E-state index is 12.6. The summed E-state index contributed by atoms with van der Waals surface area (Å²) in [4.78, 5) is 15.4. The van der Waals surface area contributed by atoms with Gasteiger partial charge in [0, 0.05) is 18.5 Å². The molecule has 21 heavy (non-hydrogen) atoms. The van der Waals surface area contributed by atoms with Crippen molar-refractivity contribution in [3.8, 4) is 11.8 Å². The minimum Gasteiger partial charge on any atom is -0.384 e. The van der Waals surface area contributed by atoms with E-state index < -0.39 is 0 Å². The van der Waals surface area contributed by atoms with E-state index in [1.807, 2.05) is 16.3 Å². The molecule has 3 nitrogen and oxygen atoms in total. The molecule has 2 rings (SSSR count). The zero-order valence-electron chi connectivity index (χ0n) is 12.8. The number of rotatable bonds is 2. The molecular formula is C17H23NO2S. The van der Waals surface area contributed by atoms with Crippen LogP contribution < -0.4 is 0 Å². The lowest BCUT2D eigenvalue weighted by Crippen LogP contribution is -2.31. The highest BCUT2D eigenvalue weighted by Crippen LogP contribution is 2.25. The SMILES string of the molecule is CC(C)C1CCCN(C(=O)c2csc(C#CCO)c2)CC1. The Bertz CT molecular complexity index is 538. The van der Waals surface area contributed by atoms with Crippen molar-refractivity contribution >= 4 is 17.2 Å². The smallest absolute Gasteiger partial charge is 0.254 e. The molecule has 1 fully saturated rings. The fraction of sp³-hybridized carbons (Fsp3) is 0.588. The van der Waals surface area contributed by atoms with Crippen molar-refractivity contribution in [3.63, 3.8) is 0 Å². The van der Waals surface area contributed by atoms with Crippen LogP contribution in [0.3, 0.4) is 0 Å². The molecule has 114 valence electrons. The summed E-state index contributed by atoms with van der Waals surface area (Å²) in [6.07, 6.45) is 3.42. The van der Waals surface area contributed by atoms with Crippen LogP contribution in [0.4, 0.5) is 0 Å². The third-order valence-corrected chi connectivity index (χ3v) is 4.99. The van der Waals surface area contributed by atoms with Gasteiger partial charge in [0.1, 0.15) is 6.61 Å². The Hall–Kier alpha value is -1.31. The molecule has 1 aromatic rings. The Labute approximate surface area is 131 Å². The number of carbonyl (C=O) groups is 1. The summed E-state index contributed by atoms with van der Waals surface area (Å²) in [5.74, 6) is 7.02. The molecule has 2 heterocycles. The van der Waals surface area contributed by atoms with Gasteiger partial charge in [-0.15, -0.1) is 11.3 Å². The van der Waals surface area contributed by atoms with E-state index in [1.165, 1.54) is 17.8 Å². The molecule has 0 aromatic carbocycles. The van der Waals surface area contributed by atoms with E-state index >= 15 is 0 Å². The fourth-order valence-corrected chi connectivity index (χ4v) is 3.56. The lowest BCUT2D eigenvalue weighted by atomic mass is 9.89. The molecule has 0 aliphatic carbocycles. The molecule has 0 radical (unpaired) electrons. The highest BCUT2D eigenvalue weighted by molar-refractivity contribution is 7.10. The van der Waals surface area contributed by atoms with Crippen molar-refractivity contribution in [1.29, 1.82) is 0 Å². The fourth-order valence-electron chi connectivity index (χ4n) is 2.82. The molecule has 1 amide bonds. The molecule has 1 aliphatic rings. The largest absolute Gasteiger partial charge is 0.384 e. The van der Waals surface area contributed by atoms with Crippen LogP contribution in [0, 0.1) is 23.7 Å². The predicted octanol–water partition coefficient (Wildman–Crippen LogP) is 2.99. The first-order valence-electron chi connectivity index (χ1n) is 7.59. The number of hydrogen-bond donors (Lipinski definition) is 1. The summed E-state index contributed by atoms with van der Waals surface area (Å²) in [7, 11) is 0. The second-order valence-electron chi connectivity index (χ2n) is 5.89. The molecule has 0 saturated carbocycles. The Kier molecular flexibility index (Phi) is 5.84. The van der Waals surface area contributed by atoms with Gasteiger partial charge in [-0.05, 0) is 37.2 Å². The van der Waals surface area contributed by atoms with Gasteiger partial charge in [-0.2, -0.15) is 0 Å². The van der Waals surface area contributed by atoms with Crippen LogP contribution in [-0.2, 0) is 0 Å².